The lowest BCUT2D eigenvalue weighted by Crippen LogP contribution is -2.51. The summed E-state index contributed by atoms with van der Waals surface area (Å²) in [4.78, 5) is 42.4. The maximum atomic E-state index is 13.7. The van der Waals surface area contributed by atoms with Crippen LogP contribution in [-0.2, 0) is 4.79 Å². The molecule has 0 bridgehead atoms. The summed E-state index contributed by atoms with van der Waals surface area (Å²) in [5.41, 5.74) is 2.57. The number of ether oxygens (including phenoxy) is 2. The van der Waals surface area contributed by atoms with Crippen LogP contribution in [0.5, 0.6) is 11.5 Å². The Kier molecular flexibility index (Phi) is 12.6. The number of benzene rings is 2. The van der Waals surface area contributed by atoms with Gasteiger partial charge in [0.25, 0.3) is 0 Å². The molecule has 6 N–H and O–H groups in total. The Balaban J connectivity index is 1.22. The van der Waals surface area contributed by atoms with Gasteiger partial charge < -0.3 is 55.3 Å². The Hall–Kier alpha value is -5.40. The number of imidazole rings is 1. The van der Waals surface area contributed by atoms with Gasteiger partial charge in [-0.1, -0.05) is 31.2 Å². The smallest absolute Gasteiger partial charge is 0.471 e. The van der Waals surface area contributed by atoms with Crippen LogP contribution in [0.25, 0.3) is 11.2 Å². The van der Waals surface area contributed by atoms with E-state index in [2.05, 4.69) is 26.3 Å². The predicted octanol–water partition coefficient (Wildman–Crippen LogP) is 3.16. The monoisotopic (exact) mass is 824 g/mol. The molecule has 1 aliphatic carbocycles. The molecule has 4 aromatic rings. The largest absolute Gasteiger partial charge is 0.497 e. The standard InChI is InChI=1S/C40H51F3N10O6/c1-4-16-52(37(56)40(41,42)43)30-18-31(34(55)33(30)54)53-22-46-32-35(45-20-29(23-5-9-27(58-2)10-6-23)24-7-11-28(59-3)12-8-24)49-38(50-36(32)53)51-17-14-26(21-51)48-39(57)47-25-13-15-44-19-25/h5-12,22,25-26,29-31,33-34,44,54-55H,4,13-21H2,1-3H3,(H,45,49,50)(H2,47,48,57)/t25?,26-,30+,31-,33-,34+/m1/s1. The number of carbonyl (C=O) groups is 2. The second-order valence-corrected chi connectivity index (χ2v) is 15.3. The number of rotatable bonds is 14. The number of methoxy groups -OCH3 is 2. The Labute approximate surface area is 339 Å². The van der Waals surface area contributed by atoms with E-state index in [1.165, 1.54) is 6.33 Å². The number of alkyl halides is 3. The lowest BCUT2D eigenvalue weighted by molar-refractivity contribution is -0.190. The average molecular weight is 825 g/mol. The molecule has 3 fully saturated rings. The van der Waals surface area contributed by atoms with Crippen LogP contribution in [0.3, 0.4) is 0 Å². The molecule has 318 valence electrons. The van der Waals surface area contributed by atoms with E-state index >= 15 is 0 Å². The lowest BCUT2D eigenvalue weighted by atomic mass is 9.91. The van der Waals surface area contributed by atoms with E-state index in [1.54, 1.807) is 25.7 Å². The maximum Gasteiger partial charge on any atom is 0.471 e. The van der Waals surface area contributed by atoms with Crippen molar-refractivity contribution in [3.8, 4) is 11.5 Å². The number of fused-ring (bicyclic) bond motifs is 1. The average Bonchev–Trinajstić information content (AvgIpc) is 4.06. The Morgan fingerprint density at radius 1 is 0.966 bits per heavy atom. The highest BCUT2D eigenvalue weighted by Gasteiger charge is 2.51. The molecular weight excluding hydrogens is 773 g/mol. The molecule has 3 amide bonds. The molecule has 4 heterocycles. The Morgan fingerprint density at radius 2 is 1.63 bits per heavy atom. The predicted molar refractivity (Wildman–Crippen MR) is 213 cm³/mol. The van der Waals surface area contributed by atoms with Gasteiger partial charge in [0, 0.05) is 50.7 Å². The molecule has 19 heteroatoms. The van der Waals surface area contributed by atoms with Crippen LogP contribution in [0.4, 0.5) is 29.7 Å². The molecule has 7 rings (SSSR count). The summed E-state index contributed by atoms with van der Waals surface area (Å²) in [6, 6.07) is 12.8. The molecule has 2 saturated heterocycles. The molecule has 59 heavy (non-hydrogen) atoms. The number of halogens is 3. The van der Waals surface area contributed by atoms with Crippen molar-refractivity contribution in [3.63, 3.8) is 0 Å². The first-order chi connectivity index (χ1) is 28.4. The minimum atomic E-state index is -5.16. The summed E-state index contributed by atoms with van der Waals surface area (Å²) in [7, 11) is 3.20. The number of hydrogen-bond donors (Lipinski definition) is 6. The van der Waals surface area contributed by atoms with Crippen LogP contribution in [0, 0.1) is 0 Å². The van der Waals surface area contributed by atoms with Gasteiger partial charge in [0.05, 0.1) is 32.6 Å². The molecule has 1 saturated carbocycles. The fourth-order valence-corrected chi connectivity index (χ4v) is 8.35. The van der Waals surface area contributed by atoms with E-state index in [0.717, 1.165) is 24.1 Å². The first kappa shape index (κ1) is 41.7. The zero-order valence-corrected chi connectivity index (χ0v) is 33.2. The third kappa shape index (κ3) is 9.11. The summed E-state index contributed by atoms with van der Waals surface area (Å²) in [5, 5.41) is 35.3. The first-order valence-electron chi connectivity index (χ1n) is 19.9. The van der Waals surface area contributed by atoms with Crippen LogP contribution in [0.2, 0.25) is 0 Å². The van der Waals surface area contributed by atoms with E-state index < -0.39 is 36.4 Å². The number of nitrogens with zero attached hydrogens (tertiary/aromatic N) is 6. The van der Waals surface area contributed by atoms with Gasteiger partial charge in [0.2, 0.25) is 5.95 Å². The lowest BCUT2D eigenvalue weighted by Gasteiger charge is -2.31. The Bertz CT molecular complexity index is 2020. The van der Waals surface area contributed by atoms with Crippen molar-refractivity contribution in [2.24, 2.45) is 0 Å². The van der Waals surface area contributed by atoms with Crippen molar-refractivity contribution in [1.29, 1.82) is 0 Å². The van der Waals surface area contributed by atoms with Gasteiger partial charge in [-0.2, -0.15) is 23.1 Å². The third-order valence-corrected chi connectivity index (χ3v) is 11.5. The van der Waals surface area contributed by atoms with Gasteiger partial charge in [-0.3, -0.25) is 4.79 Å². The maximum absolute atomic E-state index is 13.7. The van der Waals surface area contributed by atoms with Crippen molar-refractivity contribution >= 4 is 34.9 Å². The minimum absolute atomic E-state index is 0.0523. The quantitative estimate of drug-likeness (QED) is 0.109. The van der Waals surface area contributed by atoms with E-state index in [0.29, 0.717) is 66.3 Å². The van der Waals surface area contributed by atoms with Crippen molar-refractivity contribution in [3.05, 3.63) is 66.0 Å². The fraction of sp³-hybridized carbons (Fsp3) is 0.525. The summed E-state index contributed by atoms with van der Waals surface area (Å²) >= 11 is 0. The molecule has 3 aliphatic rings. The molecule has 6 atom stereocenters. The van der Waals surface area contributed by atoms with Crippen molar-refractivity contribution < 1.29 is 42.4 Å². The van der Waals surface area contributed by atoms with Gasteiger partial charge in [-0.15, -0.1) is 0 Å². The van der Waals surface area contributed by atoms with Crippen LogP contribution < -0.4 is 35.6 Å². The number of hydrogen-bond acceptors (Lipinski definition) is 12. The molecule has 16 nitrogen and oxygen atoms in total. The summed E-state index contributed by atoms with van der Waals surface area (Å²) in [6.07, 6.45) is -5.45. The highest BCUT2D eigenvalue weighted by molar-refractivity contribution is 5.85. The molecular formula is C40H51F3N10O6. The number of aliphatic hydroxyl groups excluding tert-OH is 2. The third-order valence-electron chi connectivity index (χ3n) is 11.5. The number of carbonyl (C=O) groups excluding carboxylic acids is 2. The van der Waals surface area contributed by atoms with Crippen LogP contribution in [-0.4, -0.2) is 137 Å². The van der Waals surface area contributed by atoms with Crippen LogP contribution in [0.1, 0.15) is 55.7 Å². The number of amides is 3. The number of anilines is 2. The Morgan fingerprint density at radius 3 is 2.22 bits per heavy atom. The van der Waals surface area contributed by atoms with Gasteiger partial charge in [0.1, 0.15) is 23.7 Å². The summed E-state index contributed by atoms with van der Waals surface area (Å²) in [6.45, 7) is 4.18. The van der Waals surface area contributed by atoms with E-state index in [9.17, 15) is 33.0 Å². The SMILES string of the molecule is CCCN(C(=O)C(F)(F)F)[C@H]1C[C@@H](n2cnc3c(NCC(c4ccc(OC)cc4)c4ccc(OC)cc4)nc(N4CC[C@@H](NC(=O)NC5CCNC5)C4)nc32)[C@H](O)[C@@H]1O. The van der Waals surface area contributed by atoms with E-state index in [4.69, 9.17) is 19.4 Å². The van der Waals surface area contributed by atoms with Crippen molar-refractivity contribution in [1.82, 2.24) is 40.4 Å². The summed E-state index contributed by atoms with van der Waals surface area (Å²) in [5.74, 6) is -0.186. The zero-order chi connectivity index (χ0) is 41.8. The fourth-order valence-electron chi connectivity index (χ4n) is 8.35. The number of nitrogens with one attached hydrogen (secondary N) is 4. The number of urea groups is 1. The summed E-state index contributed by atoms with van der Waals surface area (Å²) < 4.78 is 53.4. The van der Waals surface area contributed by atoms with Gasteiger partial charge in [0.15, 0.2) is 17.0 Å². The molecule has 2 aromatic heterocycles. The molecule has 0 radical (unpaired) electrons. The molecule has 2 aromatic carbocycles. The second kappa shape index (κ2) is 17.8. The first-order valence-corrected chi connectivity index (χ1v) is 19.9. The second-order valence-electron chi connectivity index (χ2n) is 15.3. The molecule has 0 spiro atoms. The van der Waals surface area contributed by atoms with Gasteiger partial charge >= 0.3 is 18.1 Å². The minimum Gasteiger partial charge on any atom is -0.497 e. The van der Waals surface area contributed by atoms with Crippen molar-refractivity contribution in [2.45, 2.75) is 81.1 Å². The molecule has 1 unspecified atom stereocenters. The molecule has 2 aliphatic heterocycles. The number of aliphatic hydroxyl groups is 2. The van der Waals surface area contributed by atoms with Crippen molar-refractivity contribution in [2.75, 3.05) is 63.7 Å². The van der Waals surface area contributed by atoms with E-state index in [1.807, 2.05) is 53.4 Å². The topological polar surface area (TPSA) is 191 Å². The van der Waals surface area contributed by atoms with E-state index in [-0.39, 0.29) is 49.1 Å². The number of aromatic nitrogens is 4. The van der Waals surface area contributed by atoms with Crippen LogP contribution >= 0.6 is 0 Å². The normalized spacial score (nSPS) is 23.2. The van der Waals surface area contributed by atoms with Gasteiger partial charge in [-0.05, 0) is 67.6 Å². The van der Waals surface area contributed by atoms with Gasteiger partial charge in [-0.25, -0.2) is 9.78 Å². The van der Waals surface area contributed by atoms with Crippen LogP contribution in [0.15, 0.2) is 54.9 Å². The highest BCUT2D eigenvalue weighted by atomic mass is 19.4. The zero-order valence-electron chi connectivity index (χ0n) is 33.2. The highest BCUT2D eigenvalue weighted by Crippen LogP contribution is 2.39.